The highest BCUT2D eigenvalue weighted by Gasteiger charge is 2.15. The largest absolute Gasteiger partial charge is 0.479 e. The molecule has 2 N–H and O–H groups in total. The van der Waals surface area contributed by atoms with Crippen molar-refractivity contribution in [2.24, 2.45) is 0 Å². The number of para-hydroxylation sites is 1. The SMILES string of the molecule is CC(C)c1cccc(OCC(=O)O)c1OCC(=O)O. The first kappa shape index (κ1) is 14.8. The second-order valence-electron chi connectivity index (χ2n) is 4.19. The van der Waals surface area contributed by atoms with E-state index >= 15 is 0 Å². The standard InChI is InChI=1S/C13H16O6/c1-8(2)9-4-3-5-10(18-6-11(14)15)13(9)19-7-12(16)17/h3-5,8H,6-7H2,1-2H3,(H,14,15)(H,16,17). The number of carboxylic acid groups (broad SMARTS) is 2. The molecule has 0 unspecified atom stereocenters. The Hall–Kier alpha value is -2.24. The van der Waals surface area contributed by atoms with Gasteiger partial charge in [-0.2, -0.15) is 0 Å². The molecule has 0 heterocycles. The molecule has 19 heavy (non-hydrogen) atoms. The van der Waals surface area contributed by atoms with E-state index in [2.05, 4.69) is 0 Å². The molecule has 0 spiro atoms. The first-order valence-electron chi connectivity index (χ1n) is 5.74. The first-order chi connectivity index (χ1) is 8.91. The molecule has 0 aliphatic carbocycles. The fourth-order valence-corrected chi connectivity index (χ4v) is 1.53. The van der Waals surface area contributed by atoms with Crippen molar-refractivity contribution in [3.63, 3.8) is 0 Å². The van der Waals surface area contributed by atoms with Crippen molar-refractivity contribution >= 4 is 11.9 Å². The van der Waals surface area contributed by atoms with Crippen molar-refractivity contribution in [2.75, 3.05) is 13.2 Å². The molecule has 0 amide bonds. The van der Waals surface area contributed by atoms with E-state index in [-0.39, 0.29) is 17.4 Å². The summed E-state index contributed by atoms with van der Waals surface area (Å²) in [5.74, 6) is -1.62. The zero-order valence-electron chi connectivity index (χ0n) is 10.8. The maximum absolute atomic E-state index is 10.6. The van der Waals surface area contributed by atoms with Gasteiger partial charge in [-0.05, 0) is 12.0 Å². The van der Waals surface area contributed by atoms with Gasteiger partial charge in [0.15, 0.2) is 24.7 Å². The summed E-state index contributed by atoms with van der Waals surface area (Å²) in [5.41, 5.74) is 0.768. The van der Waals surface area contributed by atoms with Crippen LogP contribution in [-0.4, -0.2) is 35.4 Å². The molecule has 0 saturated carbocycles. The Balaban J connectivity index is 3.02. The van der Waals surface area contributed by atoms with E-state index in [0.29, 0.717) is 0 Å². The van der Waals surface area contributed by atoms with E-state index in [0.717, 1.165) is 5.56 Å². The van der Waals surface area contributed by atoms with E-state index in [1.807, 2.05) is 13.8 Å². The van der Waals surface area contributed by atoms with Crippen LogP contribution in [0, 0.1) is 0 Å². The highest BCUT2D eigenvalue weighted by atomic mass is 16.5. The molecule has 0 aromatic heterocycles. The summed E-state index contributed by atoms with van der Waals surface area (Å²) in [6.45, 7) is 2.83. The summed E-state index contributed by atoms with van der Waals surface area (Å²) in [6.07, 6.45) is 0. The minimum atomic E-state index is -1.11. The maximum Gasteiger partial charge on any atom is 0.341 e. The molecule has 0 radical (unpaired) electrons. The zero-order valence-corrected chi connectivity index (χ0v) is 10.8. The minimum Gasteiger partial charge on any atom is -0.479 e. The van der Waals surface area contributed by atoms with Gasteiger partial charge in [0.25, 0.3) is 0 Å². The Morgan fingerprint density at radius 3 is 2.21 bits per heavy atom. The third kappa shape index (κ3) is 4.50. The molecule has 6 heteroatoms. The van der Waals surface area contributed by atoms with Gasteiger partial charge in [0.2, 0.25) is 0 Å². The van der Waals surface area contributed by atoms with Crippen LogP contribution in [0.2, 0.25) is 0 Å². The fraction of sp³-hybridized carbons (Fsp3) is 0.385. The lowest BCUT2D eigenvalue weighted by atomic mass is 10.0. The van der Waals surface area contributed by atoms with Crippen LogP contribution >= 0.6 is 0 Å². The average Bonchev–Trinajstić information content (AvgIpc) is 2.33. The van der Waals surface area contributed by atoms with Gasteiger partial charge in [0.05, 0.1) is 0 Å². The molecule has 0 aliphatic rings. The van der Waals surface area contributed by atoms with Crippen molar-refractivity contribution in [1.82, 2.24) is 0 Å². The smallest absolute Gasteiger partial charge is 0.341 e. The highest BCUT2D eigenvalue weighted by molar-refractivity contribution is 5.69. The van der Waals surface area contributed by atoms with Crippen molar-refractivity contribution in [3.05, 3.63) is 23.8 Å². The van der Waals surface area contributed by atoms with Gasteiger partial charge in [-0.25, -0.2) is 9.59 Å². The summed E-state index contributed by atoms with van der Waals surface area (Å²) in [6, 6.07) is 5.04. The topological polar surface area (TPSA) is 93.1 Å². The average molecular weight is 268 g/mol. The second-order valence-corrected chi connectivity index (χ2v) is 4.19. The van der Waals surface area contributed by atoms with E-state index in [4.69, 9.17) is 19.7 Å². The molecule has 1 aromatic carbocycles. The minimum absolute atomic E-state index is 0.0946. The second kappa shape index (κ2) is 6.63. The molecule has 104 valence electrons. The van der Waals surface area contributed by atoms with Crippen molar-refractivity contribution in [2.45, 2.75) is 19.8 Å². The van der Waals surface area contributed by atoms with Gasteiger partial charge >= 0.3 is 11.9 Å². The summed E-state index contributed by atoms with van der Waals surface area (Å²) >= 11 is 0. The Morgan fingerprint density at radius 1 is 1.11 bits per heavy atom. The Kier molecular flexibility index (Phi) is 5.17. The molecule has 1 rings (SSSR count). The van der Waals surface area contributed by atoms with Crippen molar-refractivity contribution in [1.29, 1.82) is 0 Å². The fourth-order valence-electron chi connectivity index (χ4n) is 1.53. The zero-order chi connectivity index (χ0) is 14.4. The third-order valence-corrected chi connectivity index (χ3v) is 2.32. The molecule has 0 saturated heterocycles. The van der Waals surface area contributed by atoms with Crippen LogP contribution in [-0.2, 0) is 9.59 Å². The lowest BCUT2D eigenvalue weighted by Crippen LogP contribution is -2.14. The lowest BCUT2D eigenvalue weighted by molar-refractivity contribution is -0.140. The van der Waals surface area contributed by atoms with E-state index in [1.165, 1.54) is 0 Å². The molecule has 0 fully saturated rings. The number of carbonyl (C=O) groups is 2. The molecule has 0 bridgehead atoms. The summed E-state index contributed by atoms with van der Waals surface area (Å²) in [7, 11) is 0. The van der Waals surface area contributed by atoms with Crippen LogP contribution in [0.15, 0.2) is 18.2 Å². The number of aliphatic carboxylic acids is 2. The Morgan fingerprint density at radius 2 is 1.68 bits per heavy atom. The monoisotopic (exact) mass is 268 g/mol. The molecular formula is C13H16O6. The molecule has 1 aromatic rings. The number of rotatable bonds is 7. The molecular weight excluding hydrogens is 252 g/mol. The first-order valence-corrected chi connectivity index (χ1v) is 5.74. The number of carboxylic acids is 2. The van der Waals surface area contributed by atoms with Gasteiger partial charge in [-0.3, -0.25) is 0 Å². The van der Waals surface area contributed by atoms with Crippen molar-refractivity contribution in [3.8, 4) is 11.5 Å². The van der Waals surface area contributed by atoms with Crippen LogP contribution in [0.3, 0.4) is 0 Å². The predicted octanol–water partition coefficient (Wildman–Crippen LogP) is 1.74. The van der Waals surface area contributed by atoms with Gasteiger partial charge in [0.1, 0.15) is 0 Å². The van der Waals surface area contributed by atoms with Crippen LogP contribution < -0.4 is 9.47 Å². The van der Waals surface area contributed by atoms with E-state index in [9.17, 15) is 9.59 Å². The van der Waals surface area contributed by atoms with Crippen LogP contribution in [0.4, 0.5) is 0 Å². The Bertz CT molecular complexity index is 466. The summed E-state index contributed by atoms with van der Waals surface area (Å²) in [5, 5.41) is 17.3. The molecule has 6 nitrogen and oxygen atoms in total. The normalized spacial score (nSPS) is 10.3. The van der Waals surface area contributed by atoms with Gasteiger partial charge in [-0.1, -0.05) is 26.0 Å². The molecule has 0 atom stereocenters. The van der Waals surface area contributed by atoms with E-state index in [1.54, 1.807) is 18.2 Å². The van der Waals surface area contributed by atoms with Gasteiger partial charge < -0.3 is 19.7 Å². The third-order valence-electron chi connectivity index (χ3n) is 2.32. The summed E-state index contributed by atoms with van der Waals surface area (Å²) < 4.78 is 10.3. The highest BCUT2D eigenvalue weighted by Crippen LogP contribution is 2.35. The quantitative estimate of drug-likeness (QED) is 0.782. The van der Waals surface area contributed by atoms with Crippen molar-refractivity contribution < 1.29 is 29.3 Å². The van der Waals surface area contributed by atoms with Crippen LogP contribution in [0.5, 0.6) is 11.5 Å². The molecule has 0 aliphatic heterocycles. The Labute approximate surface area is 110 Å². The van der Waals surface area contributed by atoms with Crippen LogP contribution in [0.1, 0.15) is 25.3 Å². The van der Waals surface area contributed by atoms with E-state index < -0.39 is 25.2 Å². The maximum atomic E-state index is 10.6. The van der Waals surface area contributed by atoms with Gasteiger partial charge in [0, 0.05) is 5.56 Å². The summed E-state index contributed by atoms with van der Waals surface area (Å²) in [4.78, 5) is 21.1. The predicted molar refractivity (Wildman–Crippen MR) is 66.8 cm³/mol. The number of ether oxygens (including phenoxy) is 2. The number of benzene rings is 1. The van der Waals surface area contributed by atoms with Crippen LogP contribution in [0.25, 0.3) is 0 Å². The number of hydrogen-bond acceptors (Lipinski definition) is 4. The number of hydrogen-bond donors (Lipinski definition) is 2. The lowest BCUT2D eigenvalue weighted by Gasteiger charge is -2.16. The van der Waals surface area contributed by atoms with Gasteiger partial charge in [-0.15, -0.1) is 0 Å².